The molecule has 150 valence electrons. The number of H-pyrrole nitrogens is 1. The van der Waals surface area contributed by atoms with Crippen molar-refractivity contribution in [2.45, 2.75) is 6.54 Å². The Balaban J connectivity index is 1.28. The average molecular weight is 404 g/mol. The van der Waals surface area contributed by atoms with Crippen LogP contribution in [0.15, 0.2) is 97.2 Å². The normalized spacial score (nSPS) is 10.7. The highest BCUT2D eigenvalue weighted by atomic mass is 15.2. The summed E-state index contributed by atoms with van der Waals surface area (Å²) >= 11 is 0. The topological polar surface area (TPSA) is 79.4 Å². The lowest BCUT2D eigenvalue weighted by Gasteiger charge is -2.06. The van der Waals surface area contributed by atoms with E-state index in [0.29, 0.717) is 12.5 Å². The van der Waals surface area contributed by atoms with Gasteiger partial charge in [-0.2, -0.15) is 10.2 Å². The van der Waals surface area contributed by atoms with Crippen LogP contribution in [0.1, 0.15) is 5.69 Å². The van der Waals surface area contributed by atoms with Crippen LogP contribution in [0.4, 0.5) is 5.95 Å². The summed E-state index contributed by atoms with van der Waals surface area (Å²) in [6, 6.07) is 30.7. The summed E-state index contributed by atoms with van der Waals surface area (Å²) in [4.78, 5) is 4.61. The van der Waals surface area contributed by atoms with E-state index in [0.717, 1.165) is 33.8 Å². The minimum atomic E-state index is 0.473. The molecule has 0 saturated carbocycles. The number of aromatic nitrogens is 5. The van der Waals surface area contributed by atoms with Gasteiger partial charge in [0, 0.05) is 11.1 Å². The first kappa shape index (κ1) is 18.7. The zero-order valence-electron chi connectivity index (χ0n) is 16.7. The molecule has 2 N–H and O–H groups in total. The molecule has 6 nitrogen and oxygen atoms in total. The molecule has 0 aliphatic rings. The minimum Gasteiger partial charge on any atom is -0.347 e. The van der Waals surface area contributed by atoms with Crippen LogP contribution in [0.25, 0.3) is 33.6 Å². The quantitative estimate of drug-likeness (QED) is 0.406. The molecule has 0 aliphatic carbocycles. The van der Waals surface area contributed by atoms with E-state index in [1.165, 1.54) is 5.56 Å². The second-order valence-corrected chi connectivity index (χ2v) is 7.11. The SMILES string of the molecule is c1ccc(-c2ccc(-c3cnnc(NCc4cc(-c5ccccc5)n[nH]4)n3)cc2)cc1. The molecule has 0 spiro atoms. The summed E-state index contributed by atoms with van der Waals surface area (Å²) in [5, 5.41) is 18.9. The van der Waals surface area contributed by atoms with Crippen molar-refractivity contribution in [3.63, 3.8) is 0 Å². The van der Waals surface area contributed by atoms with Crippen molar-refractivity contribution in [1.82, 2.24) is 25.4 Å². The molecule has 0 bridgehead atoms. The summed E-state index contributed by atoms with van der Waals surface area (Å²) < 4.78 is 0. The van der Waals surface area contributed by atoms with Crippen molar-refractivity contribution >= 4 is 5.95 Å². The van der Waals surface area contributed by atoms with Crippen molar-refractivity contribution in [2.75, 3.05) is 5.32 Å². The number of hydrogen-bond acceptors (Lipinski definition) is 5. The summed E-state index contributed by atoms with van der Waals surface area (Å²) in [6.45, 7) is 0.526. The maximum atomic E-state index is 4.61. The molecule has 0 atom stereocenters. The first-order valence-corrected chi connectivity index (χ1v) is 10.0. The molecule has 2 heterocycles. The smallest absolute Gasteiger partial charge is 0.243 e. The summed E-state index contributed by atoms with van der Waals surface area (Å²) in [5.74, 6) is 0.473. The van der Waals surface area contributed by atoms with Gasteiger partial charge >= 0.3 is 0 Å². The minimum absolute atomic E-state index is 0.473. The summed E-state index contributed by atoms with van der Waals surface area (Å²) in [5.41, 5.74) is 7.04. The Bertz CT molecular complexity index is 1260. The number of hydrogen-bond donors (Lipinski definition) is 2. The summed E-state index contributed by atoms with van der Waals surface area (Å²) in [7, 11) is 0. The molecular formula is C25H20N6. The van der Waals surface area contributed by atoms with Gasteiger partial charge in [0.05, 0.1) is 29.8 Å². The second-order valence-electron chi connectivity index (χ2n) is 7.11. The van der Waals surface area contributed by atoms with E-state index in [4.69, 9.17) is 0 Å². The van der Waals surface area contributed by atoms with Gasteiger partial charge in [-0.05, 0) is 17.2 Å². The Morgan fingerprint density at radius 1 is 0.677 bits per heavy atom. The third kappa shape index (κ3) is 4.33. The Hall–Kier alpha value is -4.32. The van der Waals surface area contributed by atoms with Crippen molar-refractivity contribution < 1.29 is 0 Å². The highest BCUT2D eigenvalue weighted by Crippen LogP contribution is 2.24. The molecule has 0 saturated heterocycles. The third-order valence-corrected chi connectivity index (χ3v) is 4.98. The molecule has 5 aromatic rings. The van der Waals surface area contributed by atoms with E-state index >= 15 is 0 Å². The van der Waals surface area contributed by atoms with Crippen LogP contribution in [0.5, 0.6) is 0 Å². The number of rotatable bonds is 6. The fourth-order valence-electron chi connectivity index (χ4n) is 3.36. The van der Waals surface area contributed by atoms with Crippen LogP contribution in [0.2, 0.25) is 0 Å². The molecule has 2 aromatic heterocycles. The average Bonchev–Trinajstić information content (AvgIpc) is 3.33. The van der Waals surface area contributed by atoms with Crippen LogP contribution in [-0.4, -0.2) is 25.4 Å². The van der Waals surface area contributed by atoms with E-state index in [1.54, 1.807) is 6.20 Å². The van der Waals surface area contributed by atoms with E-state index in [9.17, 15) is 0 Å². The fraction of sp³-hybridized carbons (Fsp3) is 0.0400. The molecule has 3 aromatic carbocycles. The number of benzene rings is 3. The van der Waals surface area contributed by atoms with Crippen LogP contribution in [-0.2, 0) is 6.54 Å². The van der Waals surface area contributed by atoms with Gasteiger partial charge < -0.3 is 5.32 Å². The Labute approximate surface area is 180 Å². The molecular weight excluding hydrogens is 384 g/mol. The number of nitrogens with one attached hydrogen (secondary N) is 2. The van der Waals surface area contributed by atoms with Crippen molar-refractivity contribution in [3.8, 4) is 33.6 Å². The van der Waals surface area contributed by atoms with Gasteiger partial charge in [0.2, 0.25) is 5.95 Å². The highest BCUT2D eigenvalue weighted by Gasteiger charge is 2.07. The molecule has 5 rings (SSSR count). The van der Waals surface area contributed by atoms with Crippen LogP contribution in [0.3, 0.4) is 0 Å². The Morgan fingerprint density at radius 3 is 2.03 bits per heavy atom. The number of anilines is 1. The first-order valence-electron chi connectivity index (χ1n) is 10.0. The van der Waals surface area contributed by atoms with Gasteiger partial charge in [0.25, 0.3) is 0 Å². The van der Waals surface area contributed by atoms with Crippen LogP contribution >= 0.6 is 0 Å². The molecule has 0 radical (unpaired) electrons. The predicted octanol–water partition coefficient (Wildman–Crippen LogP) is 5.21. The number of nitrogens with zero attached hydrogens (tertiary/aromatic N) is 4. The van der Waals surface area contributed by atoms with Crippen molar-refractivity contribution in [3.05, 3.63) is 103 Å². The highest BCUT2D eigenvalue weighted by molar-refractivity contribution is 5.68. The fourth-order valence-corrected chi connectivity index (χ4v) is 3.36. The molecule has 0 fully saturated rings. The molecule has 0 amide bonds. The Morgan fingerprint density at radius 2 is 1.29 bits per heavy atom. The van der Waals surface area contributed by atoms with Crippen molar-refractivity contribution in [2.24, 2.45) is 0 Å². The molecule has 0 aliphatic heterocycles. The lowest BCUT2D eigenvalue weighted by molar-refractivity contribution is 0.923. The van der Waals surface area contributed by atoms with Gasteiger partial charge in [-0.1, -0.05) is 84.9 Å². The first-order chi connectivity index (χ1) is 15.3. The maximum Gasteiger partial charge on any atom is 0.243 e. The van der Waals surface area contributed by atoms with E-state index in [2.05, 4.69) is 67.1 Å². The van der Waals surface area contributed by atoms with Gasteiger partial charge in [-0.25, -0.2) is 4.98 Å². The van der Waals surface area contributed by atoms with E-state index in [-0.39, 0.29) is 0 Å². The van der Waals surface area contributed by atoms with Gasteiger partial charge in [-0.3, -0.25) is 5.10 Å². The standard InChI is InChI=1S/C25H20N6/c1-3-7-18(8-4-1)19-11-13-21(14-12-19)24-17-27-31-25(28-24)26-16-22-15-23(30-29-22)20-9-5-2-6-10-20/h1-15,17H,16H2,(H,29,30)(H,26,28,31). The molecule has 0 unspecified atom stereocenters. The largest absolute Gasteiger partial charge is 0.347 e. The second kappa shape index (κ2) is 8.59. The molecule has 6 heteroatoms. The predicted molar refractivity (Wildman–Crippen MR) is 122 cm³/mol. The van der Waals surface area contributed by atoms with Gasteiger partial charge in [-0.15, -0.1) is 5.10 Å². The van der Waals surface area contributed by atoms with Gasteiger partial charge in [0.15, 0.2) is 0 Å². The van der Waals surface area contributed by atoms with Gasteiger partial charge in [0.1, 0.15) is 0 Å². The third-order valence-electron chi connectivity index (χ3n) is 4.98. The van der Waals surface area contributed by atoms with Crippen molar-refractivity contribution in [1.29, 1.82) is 0 Å². The zero-order chi connectivity index (χ0) is 20.9. The maximum absolute atomic E-state index is 4.61. The van der Waals surface area contributed by atoms with E-state index < -0.39 is 0 Å². The molecule has 31 heavy (non-hydrogen) atoms. The van der Waals surface area contributed by atoms with Crippen LogP contribution in [0, 0.1) is 0 Å². The number of aromatic amines is 1. The zero-order valence-corrected chi connectivity index (χ0v) is 16.7. The monoisotopic (exact) mass is 404 g/mol. The summed E-state index contributed by atoms with van der Waals surface area (Å²) in [6.07, 6.45) is 1.67. The van der Waals surface area contributed by atoms with E-state index in [1.807, 2.05) is 54.6 Å². The lowest BCUT2D eigenvalue weighted by Crippen LogP contribution is -2.05. The Kier molecular flexibility index (Phi) is 5.18. The lowest BCUT2D eigenvalue weighted by atomic mass is 10.0. The van der Waals surface area contributed by atoms with Crippen LogP contribution < -0.4 is 5.32 Å².